The number of hydrogen-bond acceptors (Lipinski definition) is 5. The quantitative estimate of drug-likeness (QED) is 0.288. The Labute approximate surface area is 210 Å². The Kier molecular flexibility index (Phi) is 7.00. The molecule has 0 saturated carbocycles. The lowest BCUT2D eigenvalue weighted by atomic mass is 10.2. The van der Waals surface area contributed by atoms with Gasteiger partial charge in [-0.1, -0.05) is 90.6 Å². The van der Waals surface area contributed by atoms with E-state index in [1.165, 1.54) is 11.1 Å². The van der Waals surface area contributed by atoms with Gasteiger partial charge in [0.25, 0.3) is 0 Å². The second-order valence-corrected chi connectivity index (χ2v) is 9.32. The van der Waals surface area contributed by atoms with Crippen LogP contribution in [-0.4, -0.2) is 28.7 Å². The molecule has 3 aromatic carbocycles. The van der Waals surface area contributed by atoms with Gasteiger partial charge in [0, 0.05) is 18.4 Å². The molecule has 1 aliphatic rings. The second kappa shape index (κ2) is 10.7. The highest BCUT2D eigenvalue weighted by atomic mass is 32.2. The molecule has 5 nitrogen and oxygen atoms in total. The number of aromatic nitrogens is 1. The Balaban J connectivity index is 1.60. The normalized spacial score (nSPS) is 14.1. The van der Waals surface area contributed by atoms with Crippen LogP contribution in [0, 0.1) is 0 Å². The number of nitrogens with zero attached hydrogens (tertiary/aromatic N) is 3. The predicted octanol–water partition coefficient (Wildman–Crippen LogP) is 6.37. The summed E-state index contributed by atoms with van der Waals surface area (Å²) in [5, 5.41) is 2.00. The Bertz CT molecular complexity index is 1320. The summed E-state index contributed by atoms with van der Waals surface area (Å²) < 4.78 is 7.54. The van der Waals surface area contributed by atoms with E-state index >= 15 is 0 Å². The van der Waals surface area contributed by atoms with Gasteiger partial charge < -0.3 is 14.2 Å². The first kappa shape index (κ1) is 23.0. The molecule has 0 unspecified atom stereocenters. The number of carbonyl (C=O) groups excluding carboxylic acids is 1. The number of aliphatic imine (C=N–C) groups is 1. The van der Waals surface area contributed by atoms with Crippen molar-refractivity contribution in [2.45, 2.75) is 25.0 Å². The molecule has 0 spiro atoms. The summed E-state index contributed by atoms with van der Waals surface area (Å²) in [6.07, 6.45) is 1.91. The van der Waals surface area contributed by atoms with Gasteiger partial charge in [0.15, 0.2) is 0 Å². The first-order chi connectivity index (χ1) is 17.2. The molecule has 6 heteroatoms. The summed E-state index contributed by atoms with van der Waals surface area (Å²) in [7, 11) is 0. The second-order valence-electron chi connectivity index (χ2n) is 8.26. The van der Waals surface area contributed by atoms with E-state index in [-0.39, 0.29) is 5.97 Å². The summed E-state index contributed by atoms with van der Waals surface area (Å²) in [6.45, 7) is 4.09. The molecular weight excluding hydrogens is 454 g/mol. The number of thioether (sulfide) groups is 1. The highest BCUT2D eigenvalue weighted by molar-refractivity contribution is 8.14. The van der Waals surface area contributed by atoms with Gasteiger partial charge in [0.2, 0.25) is 0 Å². The first-order valence-electron chi connectivity index (χ1n) is 11.7. The number of esters is 1. The Morgan fingerprint density at radius 2 is 1.54 bits per heavy atom. The summed E-state index contributed by atoms with van der Waals surface area (Å²) in [5.41, 5.74) is 4.83. The Morgan fingerprint density at radius 1 is 0.914 bits per heavy atom. The summed E-state index contributed by atoms with van der Waals surface area (Å²) in [6, 6.07) is 30.7. The molecule has 0 fully saturated rings. The molecule has 0 radical (unpaired) electrons. The summed E-state index contributed by atoms with van der Waals surface area (Å²) >= 11 is 1.63. The Hall–Kier alpha value is -3.77. The number of fused-ring (bicyclic) bond motifs is 1. The van der Waals surface area contributed by atoms with E-state index in [0.717, 1.165) is 21.4 Å². The SMILES string of the molecule is CCOC(=O)c1cn(-c2ccccc2)c2c1N(Cc1ccccc1)CC(=NCc1ccccc1)S2. The van der Waals surface area contributed by atoms with E-state index in [9.17, 15) is 4.79 Å². The molecular formula is C29H27N3O2S. The number of hydrogen-bond donors (Lipinski definition) is 0. The van der Waals surface area contributed by atoms with Crippen LogP contribution >= 0.6 is 11.8 Å². The van der Waals surface area contributed by atoms with Crippen molar-refractivity contribution in [3.8, 4) is 5.69 Å². The van der Waals surface area contributed by atoms with Crippen LogP contribution in [0.25, 0.3) is 5.69 Å². The van der Waals surface area contributed by atoms with Crippen LogP contribution in [0.4, 0.5) is 5.69 Å². The number of carbonyl (C=O) groups is 1. The minimum atomic E-state index is -0.304. The number of para-hydroxylation sites is 1. The number of benzene rings is 3. The van der Waals surface area contributed by atoms with Crippen LogP contribution in [0.2, 0.25) is 0 Å². The average molecular weight is 482 g/mol. The van der Waals surface area contributed by atoms with Crippen LogP contribution in [0.1, 0.15) is 28.4 Å². The zero-order valence-corrected chi connectivity index (χ0v) is 20.4. The minimum absolute atomic E-state index is 0.304. The first-order valence-corrected chi connectivity index (χ1v) is 12.6. The van der Waals surface area contributed by atoms with E-state index < -0.39 is 0 Å². The molecule has 0 amide bonds. The van der Waals surface area contributed by atoms with E-state index in [4.69, 9.17) is 9.73 Å². The van der Waals surface area contributed by atoms with Crippen LogP contribution in [0.15, 0.2) is 107 Å². The third-order valence-corrected chi connectivity index (χ3v) is 6.90. The standard InChI is InChI=1S/C29H27N3O2S/c1-2-34-29(33)25-20-32(24-16-10-5-11-17-24)28-27(25)31(19-23-14-8-4-9-15-23)21-26(35-28)30-18-22-12-6-3-7-13-22/h3-17,20H,2,18-19,21H2,1H3. The molecule has 0 atom stereocenters. The molecule has 0 saturated heterocycles. The van der Waals surface area contributed by atoms with Crippen molar-refractivity contribution in [2.24, 2.45) is 4.99 Å². The van der Waals surface area contributed by atoms with Gasteiger partial charge in [-0.15, -0.1) is 0 Å². The third kappa shape index (κ3) is 5.17. The van der Waals surface area contributed by atoms with Gasteiger partial charge in [-0.2, -0.15) is 0 Å². The maximum atomic E-state index is 13.0. The van der Waals surface area contributed by atoms with Crippen LogP contribution in [-0.2, 0) is 17.8 Å². The summed E-state index contributed by atoms with van der Waals surface area (Å²) in [4.78, 5) is 20.3. The number of rotatable bonds is 7. The monoisotopic (exact) mass is 481 g/mol. The van der Waals surface area contributed by atoms with Crippen molar-refractivity contribution in [3.05, 3.63) is 114 Å². The molecule has 0 N–H and O–H groups in total. The van der Waals surface area contributed by atoms with Gasteiger partial charge in [-0.05, 0) is 30.2 Å². The van der Waals surface area contributed by atoms with Crippen molar-refractivity contribution in [2.75, 3.05) is 18.1 Å². The predicted molar refractivity (Wildman–Crippen MR) is 143 cm³/mol. The van der Waals surface area contributed by atoms with Crippen LogP contribution < -0.4 is 4.90 Å². The van der Waals surface area contributed by atoms with Crippen molar-refractivity contribution < 1.29 is 9.53 Å². The molecule has 1 aromatic heterocycles. The fraction of sp³-hybridized carbons (Fsp3) is 0.172. The zero-order chi connectivity index (χ0) is 24.0. The molecule has 35 heavy (non-hydrogen) atoms. The fourth-order valence-corrected chi connectivity index (χ4v) is 5.35. The van der Waals surface area contributed by atoms with Crippen molar-refractivity contribution >= 4 is 28.5 Å². The van der Waals surface area contributed by atoms with Crippen molar-refractivity contribution in [1.82, 2.24) is 4.57 Å². The van der Waals surface area contributed by atoms with Crippen molar-refractivity contribution in [3.63, 3.8) is 0 Å². The van der Waals surface area contributed by atoms with Gasteiger partial charge >= 0.3 is 5.97 Å². The highest BCUT2D eigenvalue weighted by Crippen LogP contribution is 2.43. The number of anilines is 1. The molecule has 4 aromatic rings. The maximum absolute atomic E-state index is 13.0. The van der Waals surface area contributed by atoms with Gasteiger partial charge in [-0.25, -0.2) is 4.79 Å². The van der Waals surface area contributed by atoms with Crippen LogP contribution in [0.3, 0.4) is 0 Å². The van der Waals surface area contributed by atoms with E-state index in [0.29, 0.717) is 31.8 Å². The van der Waals surface area contributed by atoms with E-state index in [1.54, 1.807) is 11.8 Å². The summed E-state index contributed by atoms with van der Waals surface area (Å²) in [5.74, 6) is -0.304. The Morgan fingerprint density at radius 3 is 2.20 bits per heavy atom. The third-order valence-electron chi connectivity index (χ3n) is 5.82. The van der Waals surface area contributed by atoms with Gasteiger partial charge in [-0.3, -0.25) is 4.99 Å². The van der Waals surface area contributed by atoms with Gasteiger partial charge in [0.1, 0.15) is 10.6 Å². The smallest absolute Gasteiger partial charge is 0.341 e. The average Bonchev–Trinajstić information content (AvgIpc) is 3.29. The lowest BCUT2D eigenvalue weighted by molar-refractivity contribution is 0.0527. The molecule has 0 aliphatic carbocycles. The van der Waals surface area contributed by atoms with Crippen molar-refractivity contribution in [1.29, 1.82) is 0 Å². The topological polar surface area (TPSA) is 46.8 Å². The van der Waals surface area contributed by atoms with Gasteiger partial charge in [0.05, 0.1) is 30.4 Å². The minimum Gasteiger partial charge on any atom is -0.462 e. The van der Waals surface area contributed by atoms with Crippen LogP contribution in [0.5, 0.6) is 0 Å². The molecule has 1 aliphatic heterocycles. The molecule has 5 rings (SSSR count). The lowest BCUT2D eigenvalue weighted by Crippen LogP contribution is -2.33. The highest BCUT2D eigenvalue weighted by Gasteiger charge is 2.32. The van der Waals surface area contributed by atoms with E-state index in [2.05, 4.69) is 33.7 Å². The zero-order valence-electron chi connectivity index (χ0n) is 19.6. The molecule has 0 bridgehead atoms. The van der Waals surface area contributed by atoms with E-state index in [1.807, 2.05) is 79.9 Å². The molecule has 2 heterocycles. The fourth-order valence-electron chi connectivity index (χ4n) is 4.19. The largest absolute Gasteiger partial charge is 0.462 e. The molecule has 176 valence electrons. The maximum Gasteiger partial charge on any atom is 0.341 e. The number of ether oxygens (including phenoxy) is 1. The lowest BCUT2D eigenvalue weighted by Gasteiger charge is -2.31.